The molecule has 0 bridgehead atoms. The topological polar surface area (TPSA) is 48.2 Å². The molecule has 21 heavy (non-hydrogen) atoms. The Bertz CT molecular complexity index is 742. The second-order valence-corrected chi connectivity index (χ2v) is 6.79. The fourth-order valence-corrected chi connectivity index (χ4v) is 3.65. The van der Waals surface area contributed by atoms with Crippen molar-refractivity contribution < 1.29 is 9.15 Å². The second kappa shape index (κ2) is 6.51. The number of nitrogens with zero attached hydrogens (tertiary/aromatic N) is 2. The van der Waals surface area contributed by atoms with Gasteiger partial charge in [0, 0.05) is 10.6 Å². The van der Waals surface area contributed by atoms with Crippen LogP contribution in [0.2, 0.25) is 4.34 Å². The van der Waals surface area contributed by atoms with Gasteiger partial charge in [0.1, 0.15) is 5.75 Å². The average Bonchev–Trinajstić information content (AvgIpc) is 3.14. The van der Waals surface area contributed by atoms with E-state index in [2.05, 4.69) is 10.2 Å². The predicted molar refractivity (Wildman–Crippen MR) is 85.2 cm³/mol. The highest BCUT2D eigenvalue weighted by Crippen LogP contribution is 2.32. The van der Waals surface area contributed by atoms with E-state index in [1.54, 1.807) is 18.4 Å². The highest BCUT2D eigenvalue weighted by molar-refractivity contribution is 7.98. The molecule has 1 aromatic carbocycles. The number of hydrogen-bond acceptors (Lipinski definition) is 6. The number of aromatic nitrogens is 2. The van der Waals surface area contributed by atoms with E-state index in [1.165, 1.54) is 16.6 Å². The average molecular weight is 339 g/mol. The molecule has 3 rings (SSSR count). The summed E-state index contributed by atoms with van der Waals surface area (Å²) < 4.78 is 11.7. The van der Waals surface area contributed by atoms with Gasteiger partial charge in [0.2, 0.25) is 0 Å². The number of halogens is 1. The third-order valence-corrected chi connectivity index (χ3v) is 4.99. The predicted octanol–water partition coefficient (Wildman–Crippen LogP) is 4.75. The Kier molecular flexibility index (Phi) is 4.48. The Morgan fingerprint density at radius 1 is 1.24 bits per heavy atom. The molecule has 0 aliphatic carbocycles. The van der Waals surface area contributed by atoms with Crippen molar-refractivity contribution in [1.82, 2.24) is 10.2 Å². The molecule has 2 aromatic heterocycles. The summed E-state index contributed by atoms with van der Waals surface area (Å²) in [7, 11) is 1.62. The van der Waals surface area contributed by atoms with Crippen LogP contribution in [0.3, 0.4) is 0 Å². The maximum absolute atomic E-state index is 5.90. The zero-order valence-electron chi connectivity index (χ0n) is 11.1. The van der Waals surface area contributed by atoms with Crippen LogP contribution in [0.1, 0.15) is 4.88 Å². The van der Waals surface area contributed by atoms with Gasteiger partial charge in [0.25, 0.3) is 11.1 Å². The zero-order valence-corrected chi connectivity index (χ0v) is 13.5. The first-order chi connectivity index (χ1) is 10.3. The standard InChI is InChI=1S/C14H11ClN2O2S2/c1-18-11-5-3-2-4-10(11)13-16-17-14(19-13)20-8-9-6-7-12(15)21-9/h2-7H,8H2,1H3. The molecule has 0 saturated heterocycles. The SMILES string of the molecule is COc1ccccc1-c1nnc(SCc2ccc(Cl)s2)o1. The van der Waals surface area contributed by atoms with Gasteiger partial charge < -0.3 is 9.15 Å². The van der Waals surface area contributed by atoms with Crippen molar-refractivity contribution in [1.29, 1.82) is 0 Å². The fraction of sp³-hybridized carbons (Fsp3) is 0.143. The number of benzene rings is 1. The van der Waals surface area contributed by atoms with Crippen LogP contribution in [0.4, 0.5) is 0 Å². The van der Waals surface area contributed by atoms with Gasteiger partial charge in [0.15, 0.2) is 0 Å². The summed E-state index contributed by atoms with van der Waals surface area (Å²) in [6.07, 6.45) is 0. The molecule has 0 saturated carbocycles. The highest BCUT2D eigenvalue weighted by Gasteiger charge is 2.13. The van der Waals surface area contributed by atoms with Crippen LogP contribution in [-0.2, 0) is 5.75 Å². The van der Waals surface area contributed by atoms with E-state index >= 15 is 0 Å². The van der Waals surface area contributed by atoms with Gasteiger partial charge in [-0.1, -0.05) is 35.5 Å². The van der Waals surface area contributed by atoms with Crippen LogP contribution >= 0.6 is 34.7 Å². The molecule has 2 heterocycles. The maximum Gasteiger partial charge on any atom is 0.277 e. The van der Waals surface area contributed by atoms with Gasteiger partial charge in [-0.2, -0.15) is 0 Å². The van der Waals surface area contributed by atoms with Gasteiger partial charge in [-0.05, 0) is 24.3 Å². The van der Waals surface area contributed by atoms with Gasteiger partial charge in [-0.15, -0.1) is 21.5 Å². The van der Waals surface area contributed by atoms with Crippen molar-refractivity contribution in [2.75, 3.05) is 7.11 Å². The number of para-hydroxylation sites is 1. The van der Waals surface area contributed by atoms with Crippen LogP contribution < -0.4 is 4.74 Å². The molecule has 108 valence electrons. The van der Waals surface area contributed by atoms with E-state index in [4.69, 9.17) is 20.8 Å². The molecule has 0 amide bonds. The van der Waals surface area contributed by atoms with Crippen molar-refractivity contribution >= 4 is 34.7 Å². The zero-order chi connectivity index (χ0) is 14.7. The van der Waals surface area contributed by atoms with Crippen LogP contribution in [0.25, 0.3) is 11.5 Å². The Morgan fingerprint density at radius 2 is 2.10 bits per heavy atom. The lowest BCUT2D eigenvalue weighted by Crippen LogP contribution is -1.87. The number of thiophene rings is 1. The van der Waals surface area contributed by atoms with Crippen molar-refractivity contribution in [2.45, 2.75) is 11.0 Å². The monoisotopic (exact) mass is 338 g/mol. The number of thioether (sulfide) groups is 1. The summed E-state index contributed by atoms with van der Waals surface area (Å²) in [5.74, 6) is 1.92. The van der Waals surface area contributed by atoms with E-state index in [1.807, 2.05) is 36.4 Å². The van der Waals surface area contributed by atoms with Gasteiger partial charge in [-0.25, -0.2) is 0 Å². The fourth-order valence-electron chi connectivity index (χ4n) is 1.76. The van der Waals surface area contributed by atoms with E-state index in [9.17, 15) is 0 Å². The summed E-state index contributed by atoms with van der Waals surface area (Å²) in [5, 5.41) is 8.65. The third-order valence-electron chi connectivity index (χ3n) is 2.71. The second-order valence-electron chi connectivity index (χ2n) is 4.07. The molecular weight excluding hydrogens is 328 g/mol. The van der Waals surface area contributed by atoms with Gasteiger partial charge in [-0.3, -0.25) is 0 Å². The quantitative estimate of drug-likeness (QED) is 0.628. The van der Waals surface area contributed by atoms with Crippen LogP contribution in [0.15, 0.2) is 46.0 Å². The molecule has 0 aliphatic heterocycles. The van der Waals surface area contributed by atoms with Crippen LogP contribution in [-0.4, -0.2) is 17.3 Å². The Morgan fingerprint density at radius 3 is 2.86 bits per heavy atom. The molecular formula is C14H11ClN2O2S2. The molecule has 0 unspecified atom stereocenters. The summed E-state index contributed by atoms with van der Waals surface area (Å²) in [4.78, 5) is 1.17. The minimum atomic E-state index is 0.458. The molecule has 0 aliphatic rings. The van der Waals surface area contributed by atoms with Crippen molar-refractivity contribution in [2.24, 2.45) is 0 Å². The molecule has 4 nitrogen and oxygen atoms in total. The number of rotatable bonds is 5. The van der Waals surface area contributed by atoms with E-state index in [0.29, 0.717) is 16.9 Å². The van der Waals surface area contributed by atoms with E-state index in [0.717, 1.165) is 15.7 Å². The lowest BCUT2D eigenvalue weighted by atomic mass is 10.2. The minimum Gasteiger partial charge on any atom is -0.496 e. The summed E-state index contributed by atoms with van der Waals surface area (Å²) in [6.45, 7) is 0. The van der Waals surface area contributed by atoms with Crippen molar-refractivity contribution in [3.63, 3.8) is 0 Å². The Labute approximate surface area is 135 Å². The van der Waals surface area contributed by atoms with Crippen molar-refractivity contribution in [3.05, 3.63) is 45.6 Å². The van der Waals surface area contributed by atoms with Crippen molar-refractivity contribution in [3.8, 4) is 17.2 Å². The lowest BCUT2D eigenvalue weighted by Gasteiger charge is -2.03. The smallest absolute Gasteiger partial charge is 0.277 e. The first-order valence-electron chi connectivity index (χ1n) is 6.10. The van der Waals surface area contributed by atoms with Crippen LogP contribution in [0.5, 0.6) is 5.75 Å². The van der Waals surface area contributed by atoms with Crippen LogP contribution in [0, 0.1) is 0 Å². The molecule has 0 spiro atoms. The molecule has 0 radical (unpaired) electrons. The maximum atomic E-state index is 5.90. The molecule has 0 fully saturated rings. The van der Waals surface area contributed by atoms with E-state index in [-0.39, 0.29) is 0 Å². The normalized spacial score (nSPS) is 10.8. The number of hydrogen-bond donors (Lipinski definition) is 0. The molecule has 3 aromatic rings. The summed E-state index contributed by atoms with van der Waals surface area (Å²) >= 11 is 8.94. The van der Waals surface area contributed by atoms with Gasteiger partial charge in [0.05, 0.1) is 17.0 Å². The summed E-state index contributed by atoms with van der Waals surface area (Å²) in [6, 6.07) is 11.4. The Balaban J connectivity index is 1.74. The number of ether oxygens (including phenoxy) is 1. The summed E-state index contributed by atoms with van der Waals surface area (Å²) in [5.41, 5.74) is 0.790. The Hall–Kier alpha value is -1.50. The third kappa shape index (κ3) is 3.40. The first-order valence-corrected chi connectivity index (χ1v) is 8.28. The largest absolute Gasteiger partial charge is 0.496 e. The molecule has 0 atom stereocenters. The number of methoxy groups -OCH3 is 1. The molecule has 0 N–H and O–H groups in total. The van der Waals surface area contributed by atoms with Gasteiger partial charge >= 0.3 is 0 Å². The lowest BCUT2D eigenvalue weighted by molar-refractivity contribution is 0.411. The first kappa shape index (κ1) is 14.4. The minimum absolute atomic E-state index is 0.458. The highest BCUT2D eigenvalue weighted by atomic mass is 35.5. The van der Waals surface area contributed by atoms with E-state index < -0.39 is 0 Å². The molecule has 7 heteroatoms.